The molecule has 0 fully saturated rings. The summed E-state index contributed by atoms with van der Waals surface area (Å²) >= 11 is 5.64. The van der Waals surface area contributed by atoms with Crippen LogP contribution in [0.5, 0.6) is 5.75 Å². The number of benzene rings is 2. The number of rotatable bonds is 6. The van der Waals surface area contributed by atoms with E-state index >= 15 is 0 Å². The molecule has 0 bridgehead atoms. The van der Waals surface area contributed by atoms with Crippen molar-refractivity contribution >= 4 is 17.3 Å². The van der Waals surface area contributed by atoms with Crippen molar-refractivity contribution in [2.75, 3.05) is 11.9 Å². The van der Waals surface area contributed by atoms with Crippen molar-refractivity contribution in [3.63, 3.8) is 0 Å². The van der Waals surface area contributed by atoms with Gasteiger partial charge in [0.25, 0.3) is 0 Å². The summed E-state index contributed by atoms with van der Waals surface area (Å²) in [6.45, 7) is 3.42. The summed E-state index contributed by atoms with van der Waals surface area (Å²) in [5.74, 6) is 0.452. The fraction of sp³-hybridized carbons (Fsp3) is 0.250. The van der Waals surface area contributed by atoms with E-state index in [1.54, 1.807) is 12.1 Å². The van der Waals surface area contributed by atoms with Crippen molar-refractivity contribution in [1.29, 1.82) is 0 Å². The van der Waals surface area contributed by atoms with Crippen LogP contribution in [0.3, 0.4) is 0 Å². The minimum absolute atomic E-state index is 0.132. The van der Waals surface area contributed by atoms with Crippen LogP contribution in [-0.4, -0.2) is 6.61 Å². The largest absolute Gasteiger partial charge is 0.494 e. The lowest BCUT2D eigenvalue weighted by Crippen LogP contribution is -2.00. The third-order valence-corrected chi connectivity index (χ3v) is 3.12. The summed E-state index contributed by atoms with van der Waals surface area (Å²) in [7, 11) is 0. The summed E-state index contributed by atoms with van der Waals surface area (Å²) in [5.41, 5.74) is 1.81. The molecular weight excluding hydrogens is 277 g/mol. The zero-order valence-corrected chi connectivity index (χ0v) is 12.1. The first kappa shape index (κ1) is 14.7. The van der Waals surface area contributed by atoms with Gasteiger partial charge in [0.15, 0.2) is 0 Å². The van der Waals surface area contributed by atoms with E-state index in [9.17, 15) is 4.39 Å². The maximum absolute atomic E-state index is 13.3. The maximum atomic E-state index is 13.3. The first-order valence-electron chi connectivity index (χ1n) is 6.59. The Morgan fingerprint density at radius 2 is 1.90 bits per heavy atom. The minimum Gasteiger partial charge on any atom is -0.494 e. The summed E-state index contributed by atoms with van der Waals surface area (Å²) < 4.78 is 18.8. The number of nitrogens with one attached hydrogen (secondary N) is 1. The van der Waals surface area contributed by atoms with Crippen molar-refractivity contribution in [3.05, 3.63) is 58.9 Å². The predicted molar refractivity (Wildman–Crippen MR) is 81.0 cm³/mol. The number of ether oxygens (including phenoxy) is 1. The third-order valence-electron chi connectivity index (χ3n) is 2.81. The van der Waals surface area contributed by atoms with E-state index in [0.29, 0.717) is 12.2 Å². The molecule has 106 valence electrons. The molecule has 4 heteroatoms. The van der Waals surface area contributed by atoms with Gasteiger partial charge in [-0.25, -0.2) is 4.39 Å². The molecule has 2 rings (SSSR count). The van der Waals surface area contributed by atoms with Gasteiger partial charge < -0.3 is 10.1 Å². The van der Waals surface area contributed by atoms with Crippen molar-refractivity contribution < 1.29 is 9.13 Å². The van der Waals surface area contributed by atoms with Crippen LogP contribution in [-0.2, 0) is 6.54 Å². The number of hydrogen-bond donors (Lipinski definition) is 1. The van der Waals surface area contributed by atoms with Gasteiger partial charge in [-0.05, 0) is 42.3 Å². The molecule has 2 nitrogen and oxygen atoms in total. The Bertz CT molecular complexity index is 557. The van der Waals surface area contributed by atoms with Gasteiger partial charge in [0.05, 0.1) is 11.6 Å². The molecule has 0 aliphatic carbocycles. The maximum Gasteiger partial charge on any atom is 0.143 e. The molecule has 0 heterocycles. The molecule has 0 unspecified atom stereocenters. The Morgan fingerprint density at radius 3 is 2.55 bits per heavy atom. The van der Waals surface area contributed by atoms with Crippen LogP contribution in [0.4, 0.5) is 10.1 Å². The van der Waals surface area contributed by atoms with E-state index in [1.807, 2.05) is 24.3 Å². The van der Waals surface area contributed by atoms with Gasteiger partial charge in [0, 0.05) is 12.2 Å². The average Bonchev–Trinajstić information content (AvgIpc) is 2.47. The van der Waals surface area contributed by atoms with Crippen molar-refractivity contribution in [1.82, 2.24) is 0 Å². The lowest BCUT2D eigenvalue weighted by molar-refractivity contribution is 0.317. The van der Waals surface area contributed by atoms with Crippen LogP contribution >= 0.6 is 11.6 Å². The van der Waals surface area contributed by atoms with E-state index in [4.69, 9.17) is 16.3 Å². The molecule has 0 aliphatic rings. The molecule has 0 saturated carbocycles. The molecule has 20 heavy (non-hydrogen) atoms. The Labute approximate surface area is 123 Å². The zero-order chi connectivity index (χ0) is 14.4. The van der Waals surface area contributed by atoms with Crippen LogP contribution in [0, 0.1) is 5.82 Å². The van der Waals surface area contributed by atoms with Crippen LogP contribution in [0.15, 0.2) is 42.5 Å². The second-order valence-electron chi connectivity index (χ2n) is 4.47. The fourth-order valence-electron chi connectivity index (χ4n) is 1.73. The fourth-order valence-corrected chi connectivity index (χ4v) is 1.85. The number of hydrogen-bond acceptors (Lipinski definition) is 2. The van der Waals surface area contributed by atoms with Gasteiger partial charge in [-0.2, -0.15) is 0 Å². The van der Waals surface area contributed by atoms with Gasteiger partial charge >= 0.3 is 0 Å². The number of anilines is 1. The van der Waals surface area contributed by atoms with Crippen LogP contribution in [0.2, 0.25) is 5.02 Å². The van der Waals surface area contributed by atoms with E-state index in [2.05, 4.69) is 12.2 Å². The topological polar surface area (TPSA) is 21.3 Å². The molecular formula is C16H17ClFNO. The summed E-state index contributed by atoms with van der Waals surface area (Å²) in [6, 6.07) is 12.5. The highest BCUT2D eigenvalue weighted by atomic mass is 35.5. The standard InChI is InChI=1S/C16H17ClFNO/c1-2-9-20-14-6-3-12(4-7-14)11-19-13-5-8-15(17)16(18)10-13/h3-8,10,19H,2,9,11H2,1H3. The Kier molecular flexibility index (Phi) is 5.24. The van der Waals surface area contributed by atoms with Gasteiger partial charge in [-0.15, -0.1) is 0 Å². The third kappa shape index (κ3) is 4.14. The van der Waals surface area contributed by atoms with E-state index in [0.717, 1.165) is 24.3 Å². The van der Waals surface area contributed by atoms with Crippen molar-refractivity contribution in [2.24, 2.45) is 0 Å². The van der Waals surface area contributed by atoms with E-state index in [1.165, 1.54) is 6.07 Å². The highest BCUT2D eigenvalue weighted by Gasteiger charge is 2.01. The quantitative estimate of drug-likeness (QED) is 0.819. The lowest BCUT2D eigenvalue weighted by atomic mass is 10.2. The smallest absolute Gasteiger partial charge is 0.143 e. The minimum atomic E-state index is -0.417. The molecule has 0 radical (unpaired) electrons. The molecule has 0 amide bonds. The Balaban J connectivity index is 1.91. The first-order chi connectivity index (χ1) is 9.69. The van der Waals surface area contributed by atoms with Crippen LogP contribution in [0.25, 0.3) is 0 Å². The highest BCUT2D eigenvalue weighted by molar-refractivity contribution is 6.30. The molecule has 2 aromatic carbocycles. The monoisotopic (exact) mass is 293 g/mol. The van der Waals surface area contributed by atoms with E-state index < -0.39 is 5.82 Å². The Hall–Kier alpha value is -1.74. The van der Waals surface area contributed by atoms with Gasteiger partial charge in [-0.3, -0.25) is 0 Å². The van der Waals surface area contributed by atoms with Crippen molar-refractivity contribution in [2.45, 2.75) is 19.9 Å². The lowest BCUT2D eigenvalue weighted by Gasteiger charge is -2.09. The van der Waals surface area contributed by atoms with Gasteiger partial charge in [0.1, 0.15) is 11.6 Å². The SMILES string of the molecule is CCCOc1ccc(CNc2ccc(Cl)c(F)c2)cc1. The van der Waals surface area contributed by atoms with E-state index in [-0.39, 0.29) is 5.02 Å². The highest BCUT2D eigenvalue weighted by Crippen LogP contribution is 2.19. The predicted octanol–water partition coefficient (Wildman–Crippen LogP) is 4.88. The molecule has 1 N–H and O–H groups in total. The molecule has 2 aromatic rings. The zero-order valence-electron chi connectivity index (χ0n) is 11.3. The normalized spacial score (nSPS) is 10.3. The van der Waals surface area contributed by atoms with Crippen LogP contribution < -0.4 is 10.1 Å². The summed E-state index contributed by atoms with van der Waals surface area (Å²) in [6.07, 6.45) is 0.992. The van der Waals surface area contributed by atoms with Crippen molar-refractivity contribution in [3.8, 4) is 5.75 Å². The molecule has 0 saturated heterocycles. The second-order valence-corrected chi connectivity index (χ2v) is 4.88. The molecule has 0 spiro atoms. The molecule has 0 aliphatic heterocycles. The van der Waals surface area contributed by atoms with Gasteiger partial charge in [0.2, 0.25) is 0 Å². The molecule has 0 atom stereocenters. The van der Waals surface area contributed by atoms with Crippen LogP contribution in [0.1, 0.15) is 18.9 Å². The summed E-state index contributed by atoms with van der Waals surface area (Å²) in [4.78, 5) is 0. The number of halogens is 2. The summed E-state index contributed by atoms with van der Waals surface area (Å²) in [5, 5.41) is 3.28. The average molecular weight is 294 g/mol. The second kappa shape index (κ2) is 7.15. The first-order valence-corrected chi connectivity index (χ1v) is 6.97. The Morgan fingerprint density at radius 1 is 1.15 bits per heavy atom. The van der Waals surface area contributed by atoms with Gasteiger partial charge in [-0.1, -0.05) is 30.7 Å². The molecule has 0 aromatic heterocycles.